The number of carboxylic acid groups (broad SMARTS) is 2. The molecular formula is C29H30ClN3O4. The summed E-state index contributed by atoms with van der Waals surface area (Å²) < 4.78 is 0. The van der Waals surface area contributed by atoms with Crippen molar-refractivity contribution in [1.29, 1.82) is 0 Å². The van der Waals surface area contributed by atoms with Crippen molar-refractivity contribution in [1.82, 2.24) is 9.91 Å². The van der Waals surface area contributed by atoms with Gasteiger partial charge in [0.2, 0.25) is 0 Å². The maximum Gasteiger partial charge on any atom is 0.328 e. The van der Waals surface area contributed by atoms with Crippen LogP contribution in [0.15, 0.2) is 96.1 Å². The number of carbonyl (C=O) groups is 2. The van der Waals surface area contributed by atoms with E-state index in [1.54, 1.807) is 0 Å². The van der Waals surface area contributed by atoms with Crippen LogP contribution < -0.4 is 0 Å². The maximum atomic E-state index is 9.55. The van der Waals surface area contributed by atoms with Crippen LogP contribution in [0.2, 0.25) is 5.02 Å². The summed E-state index contributed by atoms with van der Waals surface area (Å²) in [6.45, 7) is 4.95. The summed E-state index contributed by atoms with van der Waals surface area (Å²) >= 11 is 5.94. The van der Waals surface area contributed by atoms with Gasteiger partial charge in [0.15, 0.2) is 0 Å². The highest BCUT2D eigenvalue weighted by atomic mass is 35.5. The summed E-state index contributed by atoms with van der Waals surface area (Å²) in [6, 6.07) is 27.3. The zero-order valence-corrected chi connectivity index (χ0v) is 21.2. The summed E-state index contributed by atoms with van der Waals surface area (Å²) in [4.78, 5) is 21.6. The molecule has 0 amide bonds. The van der Waals surface area contributed by atoms with Crippen molar-refractivity contribution < 1.29 is 19.8 Å². The van der Waals surface area contributed by atoms with Crippen LogP contribution in [0.1, 0.15) is 22.3 Å². The Balaban J connectivity index is 0.000000414. The summed E-state index contributed by atoms with van der Waals surface area (Å²) in [5.74, 6) is -2.51. The Morgan fingerprint density at radius 1 is 0.784 bits per heavy atom. The first-order valence-electron chi connectivity index (χ1n) is 11.9. The van der Waals surface area contributed by atoms with Gasteiger partial charge >= 0.3 is 11.9 Å². The fourth-order valence-electron chi connectivity index (χ4n) is 3.79. The number of aliphatic carboxylic acids is 2. The van der Waals surface area contributed by atoms with E-state index in [9.17, 15) is 9.59 Å². The van der Waals surface area contributed by atoms with E-state index in [1.807, 2.05) is 30.5 Å². The third-order valence-electron chi connectivity index (χ3n) is 5.71. The SMILES string of the molecule is Clc1ccc(/C=N/N2CCN(Cc3ccccc3Cc3ccccc3)CC2)cc1.O=C(O)/C=C\C(=O)O. The highest BCUT2D eigenvalue weighted by molar-refractivity contribution is 6.30. The van der Waals surface area contributed by atoms with Crippen LogP contribution in [0.4, 0.5) is 0 Å². The molecule has 192 valence electrons. The quantitative estimate of drug-likeness (QED) is 0.328. The zero-order chi connectivity index (χ0) is 26.5. The number of piperazine rings is 1. The first-order chi connectivity index (χ1) is 17.9. The number of hydrazone groups is 1. The minimum absolute atomic E-state index is 0.558. The van der Waals surface area contributed by atoms with E-state index in [0.717, 1.165) is 49.7 Å². The Hall–Kier alpha value is -3.94. The number of hydrogen-bond donors (Lipinski definition) is 2. The summed E-state index contributed by atoms with van der Waals surface area (Å²) in [5, 5.41) is 23.2. The molecule has 1 fully saturated rings. The second kappa shape index (κ2) is 14.6. The Labute approximate surface area is 221 Å². The molecule has 3 aromatic rings. The number of carboxylic acids is 2. The van der Waals surface area contributed by atoms with Gasteiger partial charge in [0.1, 0.15) is 0 Å². The molecule has 1 aliphatic rings. The maximum absolute atomic E-state index is 9.55. The molecule has 1 heterocycles. The molecule has 3 aromatic carbocycles. The van der Waals surface area contributed by atoms with Crippen molar-refractivity contribution in [3.63, 3.8) is 0 Å². The topological polar surface area (TPSA) is 93.4 Å². The van der Waals surface area contributed by atoms with Crippen molar-refractivity contribution in [2.24, 2.45) is 5.10 Å². The van der Waals surface area contributed by atoms with E-state index >= 15 is 0 Å². The van der Waals surface area contributed by atoms with E-state index in [1.165, 1.54) is 16.7 Å². The van der Waals surface area contributed by atoms with E-state index in [4.69, 9.17) is 21.8 Å². The fourth-order valence-corrected chi connectivity index (χ4v) is 3.92. The molecule has 0 aromatic heterocycles. The monoisotopic (exact) mass is 519 g/mol. The molecule has 0 saturated carbocycles. The Morgan fingerprint density at radius 2 is 1.35 bits per heavy atom. The molecule has 2 N–H and O–H groups in total. The standard InChI is InChI=1S/C25H26ClN3.C4H4O4/c26-25-12-10-22(11-13-25)19-27-29-16-14-28(15-17-29)20-24-9-5-4-8-23(24)18-21-6-2-1-3-7-21;5-3(6)1-2-4(7)8/h1-13,19H,14-18,20H2;1-2H,(H,5,6)(H,7,8)/b27-19+;2-1-. The minimum atomic E-state index is -1.26. The average Bonchev–Trinajstić information content (AvgIpc) is 2.90. The molecule has 0 spiro atoms. The molecule has 4 rings (SSSR count). The molecule has 8 heteroatoms. The van der Waals surface area contributed by atoms with Crippen molar-refractivity contribution in [3.05, 3.63) is 118 Å². The molecule has 0 atom stereocenters. The number of halogens is 1. The number of hydrogen-bond acceptors (Lipinski definition) is 5. The molecule has 1 aliphatic heterocycles. The van der Waals surface area contributed by atoms with E-state index < -0.39 is 11.9 Å². The van der Waals surface area contributed by atoms with Crippen LogP contribution in [0.3, 0.4) is 0 Å². The van der Waals surface area contributed by atoms with Crippen LogP contribution in [0, 0.1) is 0 Å². The third-order valence-corrected chi connectivity index (χ3v) is 5.96. The van der Waals surface area contributed by atoms with Gasteiger partial charge in [-0.3, -0.25) is 9.91 Å². The zero-order valence-electron chi connectivity index (χ0n) is 20.4. The van der Waals surface area contributed by atoms with Gasteiger partial charge in [-0.2, -0.15) is 5.10 Å². The van der Waals surface area contributed by atoms with Crippen molar-refractivity contribution in [2.75, 3.05) is 26.2 Å². The lowest BCUT2D eigenvalue weighted by Gasteiger charge is -2.33. The first-order valence-corrected chi connectivity index (χ1v) is 12.3. The van der Waals surface area contributed by atoms with Gasteiger partial charge in [0, 0.05) is 49.9 Å². The van der Waals surface area contributed by atoms with Crippen LogP contribution in [0.25, 0.3) is 0 Å². The normalized spacial score (nSPS) is 13.9. The van der Waals surface area contributed by atoms with Gasteiger partial charge in [-0.1, -0.05) is 78.3 Å². The van der Waals surface area contributed by atoms with Gasteiger partial charge in [-0.15, -0.1) is 0 Å². The van der Waals surface area contributed by atoms with E-state index in [-0.39, 0.29) is 0 Å². The van der Waals surface area contributed by atoms with Gasteiger partial charge in [-0.25, -0.2) is 9.59 Å². The van der Waals surface area contributed by atoms with Crippen LogP contribution in [0.5, 0.6) is 0 Å². The highest BCUT2D eigenvalue weighted by Gasteiger charge is 2.16. The third kappa shape index (κ3) is 10.3. The molecule has 37 heavy (non-hydrogen) atoms. The molecule has 0 aliphatic carbocycles. The molecule has 0 bridgehead atoms. The fraction of sp³-hybridized carbons (Fsp3) is 0.207. The van der Waals surface area contributed by atoms with Crippen molar-refractivity contribution >= 4 is 29.8 Å². The van der Waals surface area contributed by atoms with Gasteiger partial charge in [0.05, 0.1) is 6.21 Å². The Morgan fingerprint density at radius 3 is 1.95 bits per heavy atom. The second-order valence-electron chi connectivity index (χ2n) is 8.47. The summed E-state index contributed by atoms with van der Waals surface area (Å²) in [7, 11) is 0. The van der Waals surface area contributed by atoms with Crippen LogP contribution in [-0.2, 0) is 22.6 Å². The molecule has 7 nitrogen and oxygen atoms in total. The molecule has 0 radical (unpaired) electrons. The summed E-state index contributed by atoms with van der Waals surface area (Å²) in [5.41, 5.74) is 5.28. The van der Waals surface area contributed by atoms with E-state index in [0.29, 0.717) is 12.2 Å². The van der Waals surface area contributed by atoms with Crippen LogP contribution >= 0.6 is 11.6 Å². The Kier molecular flexibility index (Phi) is 10.9. The lowest BCUT2D eigenvalue weighted by molar-refractivity contribution is -0.134. The second-order valence-corrected chi connectivity index (χ2v) is 8.90. The summed E-state index contributed by atoms with van der Waals surface area (Å²) in [6.07, 6.45) is 4.02. The van der Waals surface area contributed by atoms with Gasteiger partial charge in [-0.05, 0) is 40.8 Å². The van der Waals surface area contributed by atoms with E-state index in [2.05, 4.69) is 69.6 Å². The average molecular weight is 520 g/mol. The van der Waals surface area contributed by atoms with Gasteiger partial charge in [0.25, 0.3) is 0 Å². The van der Waals surface area contributed by atoms with Crippen molar-refractivity contribution in [2.45, 2.75) is 13.0 Å². The molecular weight excluding hydrogens is 490 g/mol. The number of rotatable bonds is 8. The smallest absolute Gasteiger partial charge is 0.328 e. The minimum Gasteiger partial charge on any atom is -0.478 e. The lowest BCUT2D eigenvalue weighted by Crippen LogP contribution is -2.43. The highest BCUT2D eigenvalue weighted by Crippen LogP contribution is 2.17. The lowest BCUT2D eigenvalue weighted by atomic mass is 9.99. The first kappa shape index (κ1) is 27.6. The predicted octanol–water partition coefficient (Wildman–Crippen LogP) is 4.79. The Bertz CT molecular complexity index is 1190. The number of benzene rings is 3. The molecule has 0 unspecified atom stereocenters. The van der Waals surface area contributed by atoms with Crippen LogP contribution in [-0.4, -0.2) is 64.5 Å². The largest absolute Gasteiger partial charge is 0.478 e. The predicted molar refractivity (Wildman–Crippen MR) is 146 cm³/mol. The number of nitrogens with zero attached hydrogens (tertiary/aromatic N) is 3. The van der Waals surface area contributed by atoms with Gasteiger partial charge < -0.3 is 10.2 Å². The molecule has 1 saturated heterocycles. The van der Waals surface area contributed by atoms with Crippen molar-refractivity contribution in [3.8, 4) is 0 Å².